The summed E-state index contributed by atoms with van der Waals surface area (Å²) < 4.78 is 33.7. The molecule has 0 spiro atoms. The highest BCUT2D eigenvalue weighted by Gasteiger charge is 2.11. The van der Waals surface area contributed by atoms with Crippen molar-refractivity contribution < 1.29 is 13.2 Å². The Morgan fingerprint density at radius 1 is 1.05 bits per heavy atom. The highest BCUT2D eigenvalue weighted by molar-refractivity contribution is 7.90. The number of ether oxygens (including phenoxy) is 1. The summed E-state index contributed by atoms with van der Waals surface area (Å²) in [7, 11) is -3.69. The summed E-state index contributed by atoms with van der Waals surface area (Å²) in [6.45, 7) is 4.67. The van der Waals surface area contributed by atoms with Gasteiger partial charge in [-0.2, -0.15) is 12.8 Å². The fourth-order valence-corrected chi connectivity index (χ4v) is 2.63. The van der Waals surface area contributed by atoms with Crippen molar-refractivity contribution in [2.24, 2.45) is 10.3 Å². The van der Waals surface area contributed by atoms with Gasteiger partial charge in [0, 0.05) is 5.56 Å². The van der Waals surface area contributed by atoms with E-state index in [4.69, 9.17) is 4.74 Å². The fourth-order valence-electron chi connectivity index (χ4n) is 1.75. The van der Waals surface area contributed by atoms with Crippen LogP contribution in [-0.4, -0.2) is 21.2 Å². The Morgan fingerprint density at radius 2 is 1.68 bits per heavy atom. The molecule has 2 rings (SSSR count). The highest BCUT2D eigenvalue weighted by Crippen LogP contribution is 2.18. The van der Waals surface area contributed by atoms with Crippen molar-refractivity contribution in [3.8, 4) is 5.75 Å². The van der Waals surface area contributed by atoms with Crippen LogP contribution in [0.3, 0.4) is 0 Å². The molecule has 0 amide bonds. The van der Waals surface area contributed by atoms with E-state index in [9.17, 15) is 8.42 Å². The van der Waals surface area contributed by atoms with Gasteiger partial charge in [0.1, 0.15) is 5.75 Å². The standard InChI is InChI=1S/C17H19NO3S/c1-14(2)13-21-17-11-7-6-8-15(17)12-18-22(19,20)16-9-4-3-5-10-16/h3-12,14H,13H2,1-2H3/b18-12-. The van der Waals surface area contributed by atoms with Crippen LogP contribution >= 0.6 is 0 Å². The van der Waals surface area contributed by atoms with Gasteiger partial charge in [0.25, 0.3) is 10.0 Å². The molecule has 0 atom stereocenters. The molecule has 0 N–H and O–H groups in total. The second-order valence-electron chi connectivity index (χ2n) is 5.27. The molecular weight excluding hydrogens is 298 g/mol. The summed E-state index contributed by atoms with van der Waals surface area (Å²) in [6, 6.07) is 15.4. The van der Waals surface area contributed by atoms with E-state index >= 15 is 0 Å². The first-order valence-electron chi connectivity index (χ1n) is 7.06. The van der Waals surface area contributed by atoms with E-state index in [1.165, 1.54) is 18.3 Å². The van der Waals surface area contributed by atoms with Crippen LogP contribution in [0.5, 0.6) is 5.75 Å². The van der Waals surface area contributed by atoms with Crippen molar-refractivity contribution in [1.29, 1.82) is 0 Å². The summed E-state index contributed by atoms with van der Waals surface area (Å²) in [5, 5.41) is 0. The molecule has 0 bridgehead atoms. The van der Waals surface area contributed by atoms with Crippen LogP contribution in [0.25, 0.3) is 0 Å². The minimum Gasteiger partial charge on any atom is -0.493 e. The van der Waals surface area contributed by atoms with Crippen molar-refractivity contribution in [3.63, 3.8) is 0 Å². The molecule has 0 radical (unpaired) electrons. The van der Waals surface area contributed by atoms with Gasteiger partial charge in [0.2, 0.25) is 0 Å². The zero-order valence-corrected chi connectivity index (χ0v) is 13.5. The Balaban J connectivity index is 2.23. The summed E-state index contributed by atoms with van der Waals surface area (Å²) >= 11 is 0. The van der Waals surface area contributed by atoms with Gasteiger partial charge in [-0.3, -0.25) is 0 Å². The number of sulfonamides is 1. The second kappa shape index (κ2) is 7.22. The van der Waals surface area contributed by atoms with Crippen LogP contribution in [-0.2, 0) is 10.0 Å². The van der Waals surface area contributed by atoms with Crippen LogP contribution in [0.1, 0.15) is 19.4 Å². The molecule has 116 valence electrons. The van der Waals surface area contributed by atoms with Crippen LogP contribution in [0, 0.1) is 5.92 Å². The molecule has 0 aliphatic rings. The first kappa shape index (κ1) is 16.2. The van der Waals surface area contributed by atoms with Crippen LogP contribution in [0.4, 0.5) is 0 Å². The van der Waals surface area contributed by atoms with Crippen molar-refractivity contribution in [3.05, 3.63) is 60.2 Å². The topological polar surface area (TPSA) is 55.7 Å². The van der Waals surface area contributed by atoms with Crippen molar-refractivity contribution >= 4 is 16.2 Å². The zero-order valence-electron chi connectivity index (χ0n) is 12.6. The first-order chi connectivity index (χ1) is 10.5. The number of hydrogen-bond donors (Lipinski definition) is 0. The molecule has 2 aromatic carbocycles. The first-order valence-corrected chi connectivity index (χ1v) is 8.50. The van der Waals surface area contributed by atoms with Gasteiger partial charge in [-0.05, 0) is 30.2 Å². The molecule has 0 saturated heterocycles. The minimum atomic E-state index is -3.69. The Labute approximate surface area is 131 Å². The lowest BCUT2D eigenvalue weighted by Gasteiger charge is -2.10. The summed E-state index contributed by atoms with van der Waals surface area (Å²) in [6.07, 6.45) is 1.33. The second-order valence-corrected chi connectivity index (χ2v) is 6.90. The third-order valence-electron chi connectivity index (χ3n) is 2.86. The predicted molar refractivity (Wildman–Crippen MR) is 88.0 cm³/mol. The monoisotopic (exact) mass is 317 g/mol. The number of rotatable bonds is 6. The molecular formula is C17H19NO3S. The summed E-state index contributed by atoms with van der Waals surface area (Å²) in [5.74, 6) is 1.02. The summed E-state index contributed by atoms with van der Waals surface area (Å²) in [5.41, 5.74) is 0.641. The number of benzene rings is 2. The lowest BCUT2D eigenvalue weighted by molar-refractivity contribution is 0.271. The molecule has 0 aliphatic heterocycles. The molecule has 2 aromatic rings. The van der Waals surface area contributed by atoms with E-state index in [1.54, 1.807) is 30.3 Å². The van der Waals surface area contributed by atoms with E-state index in [2.05, 4.69) is 18.2 Å². The maximum absolute atomic E-state index is 12.1. The molecule has 0 heterocycles. The van der Waals surface area contributed by atoms with Crippen molar-refractivity contribution in [2.45, 2.75) is 18.7 Å². The van der Waals surface area contributed by atoms with Crippen LogP contribution < -0.4 is 4.74 Å². The lowest BCUT2D eigenvalue weighted by atomic mass is 10.2. The molecule has 22 heavy (non-hydrogen) atoms. The normalized spacial score (nSPS) is 12.0. The van der Waals surface area contributed by atoms with Gasteiger partial charge >= 0.3 is 0 Å². The highest BCUT2D eigenvalue weighted by atomic mass is 32.2. The lowest BCUT2D eigenvalue weighted by Crippen LogP contribution is -2.06. The molecule has 4 nitrogen and oxygen atoms in total. The van der Waals surface area contributed by atoms with E-state index in [0.29, 0.717) is 23.8 Å². The maximum atomic E-state index is 12.1. The quantitative estimate of drug-likeness (QED) is 0.766. The Hall–Kier alpha value is -2.14. The predicted octanol–water partition coefficient (Wildman–Crippen LogP) is 3.53. The minimum absolute atomic E-state index is 0.173. The average Bonchev–Trinajstić information content (AvgIpc) is 2.52. The van der Waals surface area contributed by atoms with E-state index < -0.39 is 10.0 Å². The smallest absolute Gasteiger partial charge is 0.282 e. The molecule has 0 saturated carbocycles. The Morgan fingerprint density at radius 3 is 2.36 bits per heavy atom. The molecule has 0 fully saturated rings. The van der Waals surface area contributed by atoms with Gasteiger partial charge in [-0.25, -0.2) is 0 Å². The molecule has 0 aromatic heterocycles. The van der Waals surface area contributed by atoms with Crippen molar-refractivity contribution in [1.82, 2.24) is 0 Å². The maximum Gasteiger partial charge on any atom is 0.282 e. The number of para-hydroxylation sites is 1. The Bertz CT molecular complexity index is 738. The van der Waals surface area contributed by atoms with Crippen LogP contribution in [0.15, 0.2) is 63.9 Å². The van der Waals surface area contributed by atoms with E-state index in [0.717, 1.165) is 0 Å². The van der Waals surface area contributed by atoms with Crippen LogP contribution in [0.2, 0.25) is 0 Å². The van der Waals surface area contributed by atoms with E-state index in [1.807, 2.05) is 12.1 Å². The molecule has 0 unspecified atom stereocenters. The SMILES string of the molecule is CC(C)COc1ccccc1/C=N\S(=O)(=O)c1ccccc1. The Kier molecular flexibility index (Phi) is 5.33. The summed E-state index contributed by atoms with van der Waals surface area (Å²) in [4.78, 5) is 0.173. The largest absolute Gasteiger partial charge is 0.493 e. The van der Waals surface area contributed by atoms with Gasteiger partial charge < -0.3 is 4.74 Å². The molecule has 5 heteroatoms. The van der Waals surface area contributed by atoms with E-state index in [-0.39, 0.29) is 4.90 Å². The molecule has 0 aliphatic carbocycles. The van der Waals surface area contributed by atoms with Gasteiger partial charge in [-0.1, -0.05) is 44.2 Å². The van der Waals surface area contributed by atoms with Gasteiger partial charge in [0.15, 0.2) is 0 Å². The number of hydrogen-bond acceptors (Lipinski definition) is 3. The third-order valence-corrected chi connectivity index (χ3v) is 4.11. The third kappa shape index (κ3) is 4.43. The zero-order chi connectivity index (χ0) is 16.0. The van der Waals surface area contributed by atoms with Gasteiger partial charge in [0.05, 0.1) is 17.7 Å². The fraction of sp³-hybridized carbons (Fsp3) is 0.235. The van der Waals surface area contributed by atoms with Crippen molar-refractivity contribution in [2.75, 3.05) is 6.61 Å². The average molecular weight is 317 g/mol. The van der Waals surface area contributed by atoms with Gasteiger partial charge in [-0.15, -0.1) is 0 Å². The number of nitrogens with zero attached hydrogens (tertiary/aromatic N) is 1.